The first kappa shape index (κ1) is 25.3. The Labute approximate surface area is 200 Å². The van der Waals surface area contributed by atoms with Gasteiger partial charge in [0.1, 0.15) is 11.6 Å². The Hall–Kier alpha value is -1.98. The molecule has 2 aromatic rings. The van der Waals surface area contributed by atoms with Crippen molar-refractivity contribution in [2.75, 3.05) is 45.9 Å². The van der Waals surface area contributed by atoms with Crippen molar-refractivity contribution in [3.63, 3.8) is 0 Å². The van der Waals surface area contributed by atoms with Crippen molar-refractivity contribution in [2.45, 2.75) is 19.9 Å². The van der Waals surface area contributed by atoms with Gasteiger partial charge in [0.25, 0.3) is 0 Å². The third-order valence-electron chi connectivity index (χ3n) is 4.65. The maximum atomic E-state index is 13.0. The maximum Gasteiger partial charge on any atom is 0.219 e. The van der Waals surface area contributed by atoms with E-state index in [0.29, 0.717) is 18.2 Å². The van der Waals surface area contributed by atoms with Crippen molar-refractivity contribution < 1.29 is 13.9 Å². The maximum absolute atomic E-state index is 13.0. The highest BCUT2D eigenvalue weighted by Gasteiger charge is 2.09. The van der Waals surface area contributed by atoms with Crippen LogP contribution in [-0.4, -0.2) is 61.8 Å². The lowest BCUT2D eigenvalue weighted by molar-refractivity contribution is 0.0376. The number of hydrogen-bond acceptors (Lipinski definition) is 5. The van der Waals surface area contributed by atoms with Crippen LogP contribution in [0.4, 0.5) is 4.39 Å². The number of aliphatic imine (C=N–C) groups is 1. The topological polar surface area (TPSA) is 71.0 Å². The predicted molar refractivity (Wildman–Crippen MR) is 131 cm³/mol. The highest BCUT2D eigenvalue weighted by Crippen LogP contribution is 2.20. The SMILES string of the molecule is CCNC(=NCc1ccnc(Oc2ccc(F)cc2)c1)NCCCN1CCOCC1.I. The second-order valence-corrected chi connectivity index (χ2v) is 6.99. The Kier molecular flexibility index (Phi) is 11.5. The third-order valence-corrected chi connectivity index (χ3v) is 4.65. The quantitative estimate of drug-likeness (QED) is 0.219. The Morgan fingerprint density at radius 1 is 1.19 bits per heavy atom. The predicted octanol–water partition coefficient (Wildman–Crippen LogP) is 3.41. The average Bonchev–Trinajstić information content (AvgIpc) is 2.77. The summed E-state index contributed by atoms with van der Waals surface area (Å²) in [5.41, 5.74) is 0.979. The molecule has 1 aliphatic heterocycles. The molecule has 7 nitrogen and oxygen atoms in total. The van der Waals surface area contributed by atoms with Crippen LogP contribution in [0.5, 0.6) is 11.6 Å². The molecule has 1 saturated heterocycles. The Morgan fingerprint density at radius 3 is 2.71 bits per heavy atom. The molecule has 1 aromatic carbocycles. The fourth-order valence-corrected chi connectivity index (χ4v) is 3.07. The van der Waals surface area contributed by atoms with Crippen LogP contribution in [0, 0.1) is 5.82 Å². The molecule has 0 bridgehead atoms. The summed E-state index contributed by atoms with van der Waals surface area (Å²) in [7, 11) is 0. The van der Waals surface area contributed by atoms with Gasteiger partial charge in [-0.15, -0.1) is 24.0 Å². The van der Waals surface area contributed by atoms with E-state index in [0.717, 1.165) is 63.9 Å². The molecule has 0 spiro atoms. The smallest absolute Gasteiger partial charge is 0.219 e. The first-order chi connectivity index (χ1) is 14.7. The number of morpholine rings is 1. The van der Waals surface area contributed by atoms with Crippen LogP contribution in [-0.2, 0) is 11.3 Å². The van der Waals surface area contributed by atoms with E-state index >= 15 is 0 Å². The van der Waals surface area contributed by atoms with Gasteiger partial charge in [-0.05, 0) is 55.8 Å². The van der Waals surface area contributed by atoms with E-state index < -0.39 is 0 Å². The Balaban J connectivity index is 0.00000341. The minimum Gasteiger partial charge on any atom is -0.439 e. The lowest BCUT2D eigenvalue weighted by atomic mass is 10.2. The summed E-state index contributed by atoms with van der Waals surface area (Å²) in [6, 6.07) is 9.61. The molecule has 2 heterocycles. The summed E-state index contributed by atoms with van der Waals surface area (Å²) in [6.07, 6.45) is 2.74. The van der Waals surface area contributed by atoms with E-state index in [4.69, 9.17) is 9.47 Å². The Bertz CT molecular complexity index is 801. The summed E-state index contributed by atoms with van der Waals surface area (Å²) in [6.45, 7) is 8.95. The third kappa shape index (κ3) is 9.36. The lowest BCUT2D eigenvalue weighted by Crippen LogP contribution is -2.40. The highest BCUT2D eigenvalue weighted by molar-refractivity contribution is 14.0. The zero-order valence-electron chi connectivity index (χ0n) is 17.8. The lowest BCUT2D eigenvalue weighted by Gasteiger charge is -2.26. The zero-order chi connectivity index (χ0) is 21.0. The molecule has 2 N–H and O–H groups in total. The van der Waals surface area contributed by atoms with Gasteiger partial charge in [-0.25, -0.2) is 14.4 Å². The van der Waals surface area contributed by atoms with Crippen LogP contribution in [0.25, 0.3) is 0 Å². The number of guanidine groups is 1. The summed E-state index contributed by atoms with van der Waals surface area (Å²) >= 11 is 0. The molecular weight excluding hydrogens is 512 g/mol. The summed E-state index contributed by atoms with van der Waals surface area (Å²) in [5, 5.41) is 6.66. The van der Waals surface area contributed by atoms with Gasteiger partial charge in [0.2, 0.25) is 5.88 Å². The molecule has 0 unspecified atom stereocenters. The van der Waals surface area contributed by atoms with Crippen molar-refractivity contribution in [1.29, 1.82) is 0 Å². The van der Waals surface area contributed by atoms with Gasteiger partial charge in [-0.1, -0.05) is 0 Å². The van der Waals surface area contributed by atoms with Gasteiger partial charge in [-0.3, -0.25) is 4.90 Å². The fraction of sp³-hybridized carbons (Fsp3) is 0.455. The van der Waals surface area contributed by atoms with E-state index in [1.807, 2.05) is 19.1 Å². The molecule has 31 heavy (non-hydrogen) atoms. The van der Waals surface area contributed by atoms with Crippen LogP contribution in [0.1, 0.15) is 18.9 Å². The highest BCUT2D eigenvalue weighted by atomic mass is 127. The summed E-state index contributed by atoms with van der Waals surface area (Å²) < 4.78 is 24.1. The molecule has 1 aromatic heterocycles. The molecule has 0 amide bonds. The van der Waals surface area contributed by atoms with Gasteiger partial charge >= 0.3 is 0 Å². The zero-order valence-corrected chi connectivity index (χ0v) is 20.2. The van der Waals surface area contributed by atoms with Gasteiger partial charge in [0.05, 0.1) is 19.8 Å². The largest absolute Gasteiger partial charge is 0.439 e. The number of aromatic nitrogens is 1. The second-order valence-electron chi connectivity index (χ2n) is 6.99. The molecule has 0 atom stereocenters. The van der Waals surface area contributed by atoms with Crippen molar-refractivity contribution in [1.82, 2.24) is 20.5 Å². The van der Waals surface area contributed by atoms with Gasteiger partial charge in [0.15, 0.2) is 5.96 Å². The molecule has 0 aliphatic carbocycles. The van der Waals surface area contributed by atoms with E-state index in [2.05, 4.69) is 25.5 Å². The molecule has 170 valence electrons. The first-order valence-corrected chi connectivity index (χ1v) is 10.4. The monoisotopic (exact) mass is 543 g/mol. The van der Waals surface area contributed by atoms with Crippen molar-refractivity contribution >= 4 is 29.9 Å². The molecule has 0 radical (unpaired) electrons. The van der Waals surface area contributed by atoms with Gasteiger partial charge < -0.3 is 20.1 Å². The molecular formula is C22H31FIN5O2. The molecule has 1 fully saturated rings. The number of pyridine rings is 1. The summed E-state index contributed by atoms with van der Waals surface area (Å²) in [4.78, 5) is 11.3. The van der Waals surface area contributed by atoms with Gasteiger partial charge in [-0.2, -0.15) is 0 Å². The first-order valence-electron chi connectivity index (χ1n) is 10.4. The standard InChI is InChI=1S/C22H30FN5O2.HI/c1-2-24-22(26-9-3-11-28-12-14-29-15-13-28)27-17-18-8-10-25-21(16-18)30-20-6-4-19(23)5-7-20;/h4-8,10,16H,2-3,9,11-15,17H2,1H3,(H2,24,26,27);1H. The van der Waals surface area contributed by atoms with Crippen LogP contribution < -0.4 is 15.4 Å². The van der Waals surface area contributed by atoms with E-state index in [9.17, 15) is 4.39 Å². The number of benzene rings is 1. The molecule has 3 rings (SSSR count). The number of rotatable bonds is 9. The van der Waals surface area contributed by atoms with Gasteiger partial charge in [0, 0.05) is 38.4 Å². The van der Waals surface area contributed by atoms with E-state index in [-0.39, 0.29) is 29.8 Å². The number of hydrogen-bond donors (Lipinski definition) is 2. The van der Waals surface area contributed by atoms with Crippen LogP contribution >= 0.6 is 24.0 Å². The van der Waals surface area contributed by atoms with Crippen molar-refractivity contribution in [2.24, 2.45) is 4.99 Å². The normalized spacial score (nSPS) is 14.6. The molecule has 0 saturated carbocycles. The van der Waals surface area contributed by atoms with Crippen molar-refractivity contribution in [3.8, 4) is 11.6 Å². The summed E-state index contributed by atoms with van der Waals surface area (Å²) in [5.74, 6) is 1.49. The molecule has 9 heteroatoms. The number of nitrogens with one attached hydrogen (secondary N) is 2. The minimum absolute atomic E-state index is 0. The van der Waals surface area contributed by atoms with Crippen LogP contribution in [0.2, 0.25) is 0 Å². The number of ether oxygens (including phenoxy) is 2. The number of nitrogens with zero attached hydrogens (tertiary/aromatic N) is 3. The Morgan fingerprint density at radius 2 is 1.97 bits per heavy atom. The fourth-order valence-electron chi connectivity index (χ4n) is 3.07. The minimum atomic E-state index is -0.299. The number of halogens is 2. The van der Waals surface area contributed by atoms with Crippen LogP contribution in [0.3, 0.4) is 0 Å². The average molecular weight is 543 g/mol. The molecule has 1 aliphatic rings. The van der Waals surface area contributed by atoms with E-state index in [1.54, 1.807) is 18.3 Å². The van der Waals surface area contributed by atoms with Crippen molar-refractivity contribution in [3.05, 3.63) is 54.0 Å². The van der Waals surface area contributed by atoms with E-state index in [1.165, 1.54) is 12.1 Å². The second kappa shape index (κ2) is 14.2. The van der Waals surface area contributed by atoms with Crippen LogP contribution in [0.15, 0.2) is 47.6 Å².